The summed E-state index contributed by atoms with van der Waals surface area (Å²) in [4.78, 5) is 14.0. The summed E-state index contributed by atoms with van der Waals surface area (Å²) >= 11 is 5.81. The van der Waals surface area contributed by atoms with E-state index in [9.17, 15) is 4.79 Å². The molecule has 1 aromatic carbocycles. The smallest absolute Gasteiger partial charge is 0.317 e. The zero-order valence-electron chi connectivity index (χ0n) is 12.7. The molecular weight excluding hydrogens is 306 g/mol. The van der Waals surface area contributed by atoms with Crippen molar-refractivity contribution in [1.82, 2.24) is 15.5 Å². The number of benzene rings is 1. The van der Waals surface area contributed by atoms with E-state index in [-0.39, 0.29) is 6.03 Å². The average molecular weight is 328 g/mol. The van der Waals surface area contributed by atoms with Gasteiger partial charge in [-0.05, 0) is 31.2 Å². The van der Waals surface area contributed by atoms with Gasteiger partial charge in [0.2, 0.25) is 0 Å². The van der Waals surface area contributed by atoms with E-state index in [2.05, 4.69) is 15.5 Å². The molecule has 1 fully saturated rings. The SMILES string of the molecule is CC(NC(=O)NCCN1CCOCC1)Oc1ccc(Cl)cc1. The maximum Gasteiger partial charge on any atom is 0.317 e. The van der Waals surface area contributed by atoms with Crippen LogP contribution in [0.1, 0.15) is 6.92 Å². The van der Waals surface area contributed by atoms with E-state index in [4.69, 9.17) is 21.1 Å². The molecule has 0 spiro atoms. The Balaban J connectivity index is 1.62. The van der Waals surface area contributed by atoms with Crippen molar-refractivity contribution in [2.45, 2.75) is 13.2 Å². The number of halogens is 1. The van der Waals surface area contributed by atoms with Gasteiger partial charge in [-0.25, -0.2) is 4.79 Å². The molecule has 1 atom stereocenters. The Morgan fingerprint density at radius 1 is 1.36 bits per heavy atom. The maximum absolute atomic E-state index is 11.8. The highest BCUT2D eigenvalue weighted by Crippen LogP contribution is 2.16. The Hall–Kier alpha value is -1.50. The molecule has 22 heavy (non-hydrogen) atoms. The lowest BCUT2D eigenvalue weighted by atomic mass is 10.3. The highest BCUT2D eigenvalue weighted by atomic mass is 35.5. The van der Waals surface area contributed by atoms with Crippen molar-refractivity contribution in [2.75, 3.05) is 39.4 Å². The lowest BCUT2D eigenvalue weighted by Gasteiger charge is -2.26. The maximum atomic E-state index is 11.8. The minimum atomic E-state index is -0.426. The zero-order chi connectivity index (χ0) is 15.8. The van der Waals surface area contributed by atoms with Crippen LogP contribution in [0.3, 0.4) is 0 Å². The number of hydrogen-bond donors (Lipinski definition) is 2. The van der Waals surface area contributed by atoms with E-state index in [1.165, 1.54) is 0 Å². The summed E-state index contributed by atoms with van der Waals surface area (Å²) in [5.41, 5.74) is 0. The van der Waals surface area contributed by atoms with Crippen molar-refractivity contribution in [3.63, 3.8) is 0 Å². The van der Waals surface area contributed by atoms with E-state index >= 15 is 0 Å². The van der Waals surface area contributed by atoms with Crippen molar-refractivity contribution in [1.29, 1.82) is 0 Å². The number of nitrogens with zero attached hydrogens (tertiary/aromatic N) is 1. The molecule has 1 aliphatic heterocycles. The quantitative estimate of drug-likeness (QED) is 0.781. The lowest BCUT2D eigenvalue weighted by Crippen LogP contribution is -2.46. The second-order valence-electron chi connectivity index (χ2n) is 5.07. The Bertz CT molecular complexity index is 464. The fourth-order valence-electron chi connectivity index (χ4n) is 2.13. The molecule has 1 aromatic rings. The third-order valence-corrected chi connectivity index (χ3v) is 3.53. The molecule has 2 N–H and O–H groups in total. The molecule has 0 aliphatic carbocycles. The molecule has 2 rings (SSSR count). The van der Waals surface area contributed by atoms with E-state index in [1.807, 2.05) is 0 Å². The minimum Gasteiger partial charge on any atom is -0.471 e. The first-order chi connectivity index (χ1) is 10.6. The second kappa shape index (κ2) is 8.82. The van der Waals surface area contributed by atoms with E-state index in [0.29, 0.717) is 17.3 Å². The molecule has 6 nitrogen and oxygen atoms in total. The molecule has 0 saturated carbocycles. The third-order valence-electron chi connectivity index (χ3n) is 3.28. The first-order valence-corrected chi connectivity index (χ1v) is 7.78. The largest absolute Gasteiger partial charge is 0.471 e. The Morgan fingerprint density at radius 3 is 2.73 bits per heavy atom. The van der Waals surface area contributed by atoms with Gasteiger partial charge in [-0.15, -0.1) is 0 Å². The summed E-state index contributed by atoms with van der Waals surface area (Å²) in [5, 5.41) is 6.20. The number of hydrogen-bond acceptors (Lipinski definition) is 4. The molecule has 122 valence electrons. The molecule has 7 heteroatoms. The Kier molecular flexibility index (Phi) is 6.76. The monoisotopic (exact) mass is 327 g/mol. The van der Waals surface area contributed by atoms with Crippen LogP contribution in [0.15, 0.2) is 24.3 Å². The van der Waals surface area contributed by atoms with Crippen molar-refractivity contribution >= 4 is 17.6 Å². The van der Waals surface area contributed by atoms with Gasteiger partial charge in [-0.2, -0.15) is 0 Å². The van der Waals surface area contributed by atoms with Crippen LogP contribution in [0.2, 0.25) is 5.02 Å². The van der Waals surface area contributed by atoms with Crippen LogP contribution in [0.4, 0.5) is 4.79 Å². The summed E-state index contributed by atoms with van der Waals surface area (Å²) in [6.45, 7) is 6.55. The molecule has 1 unspecified atom stereocenters. The molecule has 0 aromatic heterocycles. The Morgan fingerprint density at radius 2 is 2.05 bits per heavy atom. The summed E-state index contributed by atoms with van der Waals surface area (Å²) < 4.78 is 10.9. The predicted octanol–water partition coefficient (Wildman–Crippen LogP) is 1.70. The zero-order valence-corrected chi connectivity index (χ0v) is 13.4. The fourth-order valence-corrected chi connectivity index (χ4v) is 2.26. The van der Waals surface area contributed by atoms with Crippen LogP contribution in [-0.4, -0.2) is 56.6 Å². The highest BCUT2D eigenvalue weighted by Gasteiger charge is 2.11. The molecule has 2 amide bonds. The van der Waals surface area contributed by atoms with Crippen LogP contribution >= 0.6 is 11.6 Å². The highest BCUT2D eigenvalue weighted by molar-refractivity contribution is 6.30. The van der Waals surface area contributed by atoms with Crippen molar-refractivity contribution < 1.29 is 14.3 Å². The number of carbonyl (C=O) groups excluding carboxylic acids is 1. The predicted molar refractivity (Wildman–Crippen MR) is 85.3 cm³/mol. The summed E-state index contributed by atoms with van der Waals surface area (Å²) in [5.74, 6) is 0.658. The summed E-state index contributed by atoms with van der Waals surface area (Å²) in [7, 11) is 0. The average Bonchev–Trinajstić information content (AvgIpc) is 2.50. The van der Waals surface area contributed by atoms with Gasteiger partial charge in [0.15, 0.2) is 6.23 Å². The van der Waals surface area contributed by atoms with Gasteiger partial charge in [0.1, 0.15) is 5.75 Å². The number of nitrogens with one attached hydrogen (secondary N) is 2. The van der Waals surface area contributed by atoms with Crippen LogP contribution in [0, 0.1) is 0 Å². The van der Waals surface area contributed by atoms with Gasteiger partial charge in [0.25, 0.3) is 0 Å². The normalized spacial score (nSPS) is 16.8. The number of urea groups is 1. The first kappa shape index (κ1) is 16.9. The van der Waals surface area contributed by atoms with Crippen molar-refractivity contribution in [3.05, 3.63) is 29.3 Å². The van der Waals surface area contributed by atoms with E-state index < -0.39 is 6.23 Å². The number of rotatable bonds is 6. The molecule has 1 saturated heterocycles. The summed E-state index contributed by atoms with van der Waals surface area (Å²) in [6.07, 6.45) is -0.426. The number of ether oxygens (including phenoxy) is 2. The third kappa shape index (κ3) is 6.09. The lowest BCUT2D eigenvalue weighted by molar-refractivity contribution is 0.0387. The number of carbonyl (C=O) groups is 1. The van der Waals surface area contributed by atoms with Gasteiger partial charge in [-0.1, -0.05) is 11.6 Å². The van der Waals surface area contributed by atoms with Gasteiger partial charge in [0.05, 0.1) is 13.2 Å². The van der Waals surface area contributed by atoms with Crippen LogP contribution in [0.5, 0.6) is 5.75 Å². The van der Waals surface area contributed by atoms with Crippen molar-refractivity contribution in [3.8, 4) is 5.75 Å². The summed E-state index contributed by atoms with van der Waals surface area (Å²) in [6, 6.07) is 6.76. The molecule has 1 heterocycles. The van der Waals surface area contributed by atoms with Crippen LogP contribution in [0.25, 0.3) is 0 Å². The molecule has 0 radical (unpaired) electrons. The van der Waals surface area contributed by atoms with Gasteiger partial charge in [0, 0.05) is 31.2 Å². The first-order valence-electron chi connectivity index (χ1n) is 7.40. The fraction of sp³-hybridized carbons (Fsp3) is 0.533. The standard InChI is InChI=1S/C15H22ClN3O3/c1-12(22-14-4-2-13(16)3-5-14)18-15(20)17-6-7-19-8-10-21-11-9-19/h2-5,12H,6-11H2,1H3,(H2,17,18,20). The van der Waals surface area contributed by atoms with Crippen LogP contribution < -0.4 is 15.4 Å². The number of morpholine rings is 1. The second-order valence-corrected chi connectivity index (χ2v) is 5.50. The van der Waals surface area contributed by atoms with E-state index in [1.54, 1.807) is 31.2 Å². The van der Waals surface area contributed by atoms with Crippen LogP contribution in [-0.2, 0) is 4.74 Å². The minimum absolute atomic E-state index is 0.241. The molecular formula is C15H22ClN3O3. The van der Waals surface area contributed by atoms with Gasteiger partial charge >= 0.3 is 6.03 Å². The number of amides is 2. The molecule has 0 bridgehead atoms. The van der Waals surface area contributed by atoms with Crippen molar-refractivity contribution in [2.24, 2.45) is 0 Å². The van der Waals surface area contributed by atoms with Gasteiger partial charge < -0.3 is 20.1 Å². The van der Waals surface area contributed by atoms with Gasteiger partial charge in [-0.3, -0.25) is 4.90 Å². The Labute approximate surface area is 135 Å². The molecule has 1 aliphatic rings. The van der Waals surface area contributed by atoms with E-state index in [0.717, 1.165) is 32.8 Å². The topological polar surface area (TPSA) is 62.8 Å².